The first-order chi connectivity index (χ1) is 9.56. The number of methoxy groups -OCH3 is 1. The number of nitrogens with one attached hydrogen (secondary N) is 1. The minimum Gasteiger partial charge on any atom is -0.496 e. The number of hydrogen-bond acceptors (Lipinski definition) is 4. The van der Waals surface area contributed by atoms with Crippen molar-refractivity contribution >= 4 is 23.5 Å². The van der Waals surface area contributed by atoms with E-state index in [1.165, 1.54) is 6.07 Å². The predicted molar refractivity (Wildman–Crippen MR) is 87.5 cm³/mol. The highest BCUT2D eigenvalue weighted by molar-refractivity contribution is 8.07. The minimum atomic E-state index is -0.212. The van der Waals surface area contributed by atoms with Crippen molar-refractivity contribution in [1.29, 1.82) is 0 Å². The zero-order valence-corrected chi connectivity index (χ0v) is 14.0. The molecule has 4 atom stereocenters. The molecule has 1 aliphatic heterocycles. The Bertz CT molecular complexity index is 457. The molecule has 0 aliphatic carbocycles. The van der Waals surface area contributed by atoms with Gasteiger partial charge in [0.15, 0.2) is 0 Å². The summed E-state index contributed by atoms with van der Waals surface area (Å²) in [7, 11) is 3.57. The molecule has 2 rings (SSSR count). The second kappa shape index (κ2) is 7.05. The Hall–Kier alpha value is -0.390. The molecule has 20 heavy (non-hydrogen) atoms. The van der Waals surface area contributed by atoms with Crippen LogP contribution in [0.4, 0.5) is 4.39 Å². The zero-order chi connectivity index (χ0) is 14.7. The van der Waals surface area contributed by atoms with Gasteiger partial charge in [0.25, 0.3) is 0 Å². The fourth-order valence-electron chi connectivity index (χ4n) is 2.47. The van der Waals surface area contributed by atoms with Crippen LogP contribution in [0.5, 0.6) is 5.75 Å². The molecule has 1 saturated heterocycles. The summed E-state index contributed by atoms with van der Waals surface area (Å²) in [6, 6.07) is 4.85. The molecule has 1 heterocycles. The van der Waals surface area contributed by atoms with E-state index in [0.29, 0.717) is 15.7 Å². The Morgan fingerprint density at radius 2 is 2.10 bits per heavy atom. The van der Waals surface area contributed by atoms with Crippen molar-refractivity contribution in [3.05, 3.63) is 29.6 Å². The van der Waals surface area contributed by atoms with Crippen molar-refractivity contribution in [2.24, 2.45) is 0 Å². The number of thioether (sulfide) groups is 2. The van der Waals surface area contributed by atoms with E-state index in [1.54, 1.807) is 19.2 Å². The van der Waals surface area contributed by atoms with E-state index in [9.17, 15) is 4.39 Å². The van der Waals surface area contributed by atoms with Crippen LogP contribution >= 0.6 is 23.5 Å². The maximum atomic E-state index is 13.6. The van der Waals surface area contributed by atoms with Gasteiger partial charge in [-0.3, -0.25) is 0 Å². The second-order valence-corrected chi connectivity index (χ2v) is 8.10. The molecule has 0 saturated carbocycles. The molecule has 1 aliphatic rings. The van der Waals surface area contributed by atoms with Gasteiger partial charge in [0.05, 0.1) is 7.11 Å². The molecule has 1 fully saturated rings. The Kier molecular flexibility index (Phi) is 5.64. The molecule has 2 nitrogen and oxygen atoms in total. The number of benzene rings is 1. The predicted octanol–water partition coefficient (Wildman–Crippen LogP) is 3.72. The number of hydrogen-bond donors (Lipinski definition) is 1. The first-order valence-electron chi connectivity index (χ1n) is 6.84. The van der Waals surface area contributed by atoms with Gasteiger partial charge in [-0.1, -0.05) is 13.8 Å². The first kappa shape index (κ1) is 16.0. The smallest absolute Gasteiger partial charge is 0.123 e. The van der Waals surface area contributed by atoms with E-state index in [1.807, 2.05) is 30.6 Å². The lowest BCUT2D eigenvalue weighted by Crippen LogP contribution is -2.36. The van der Waals surface area contributed by atoms with E-state index >= 15 is 0 Å². The van der Waals surface area contributed by atoms with E-state index < -0.39 is 0 Å². The third-order valence-corrected chi connectivity index (χ3v) is 7.28. The topological polar surface area (TPSA) is 21.3 Å². The zero-order valence-electron chi connectivity index (χ0n) is 12.4. The van der Waals surface area contributed by atoms with Crippen molar-refractivity contribution in [3.8, 4) is 5.75 Å². The van der Waals surface area contributed by atoms with Crippen LogP contribution in [0.3, 0.4) is 0 Å². The Morgan fingerprint density at radius 3 is 2.70 bits per heavy atom. The molecule has 1 N–H and O–H groups in total. The van der Waals surface area contributed by atoms with Crippen LogP contribution in [0.1, 0.15) is 25.5 Å². The molecule has 0 spiro atoms. The fraction of sp³-hybridized carbons (Fsp3) is 0.600. The molecule has 1 aromatic carbocycles. The first-order valence-corrected chi connectivity index (χ1v) is 8.83. The summed E-state index contributed by atoms with van der Waals surface area (Å²) in [6.45, 7) is 4.54. The van der Waals surface area contributed by atoms with Crippen LogP contribution in [-0.4, -0.2) is 35.7 Å². The fourth-order valence-corrected chi connectivity index (χ4v) is 5.62. The third kappa shape index (κ3) is 3.43. The van der Waals surface area contributed by atoms with Gasteiger partial charge in [0, 0.05) is 33.1 Å². The Labute approximate surface area is 129 Å². The molecule has 0 aromatic heterocycles. The van der Waals surface area contributed by atoms with E-state index in [-0.39, 0.29) is 11.9 Å². The Balaban J connectivity index is 2.26. The van der Waals surface area contributed by atoms with Gasteiger partial charge in [-0.05, 0) is 25.2 Å². The van der Waals surface area contributed by atoms with E-state index in [0.717, 1.165) is 17.1 Å². The number of halogens is 1. The quantitative estimate of drug-likeness (QED) is 0.914. The van der Waals surface area contributed by atoms with Gasteiger partial charge < -0.3 is 10.1 Å². The highest BCUT2D eigenvalue weighted by atomic mass is 32.2. The molecule has 0 amide bonds. The second-order valence-electron chi connectivity index (χ2n) is 5.07. The molecule has 0 bridgehead atoms. The average molecular weight is 315 g/mol. The van der Waals surface area contributed by atoms with Crippen molar-refractivity contribution in [1.82, 2.24) is 5.32 Å². The van der Waals surface area contributed by atoms with Crippen molar-refractivity contribution in [3.63, 3.8) is 0 Å². The van der Waals surface area contributed by atoms with Gasteiger partial charge in [-0.25, -0.2) is 4.39 Å². The van der Waals surface area contributed by atoms with E-state index in [4.69, 9.17) is 4.74 Å². The van der Waals surface area contributed by atoms with E-state index in [2.05, 4.69) is 19.2 Å². The molecule has 1 aromatic rings. The van der Waals surface area contributed by atoms with Crippen LogP contribution in [0.2, 0.25) is 0 Å². The summed E-state index contributed by atoms with van der Waals surface area (Å²) in [4.78, 5) is 0. The maximum Gasteiger partial charge on any atom is 0.123 e. The molecule has 4 unspecified atom stereocenters. The standard InChI is InChI=1S/C15H22FNOS2/c1-9-10(2)20-14(8-19-9)15(17-3)12-7-11(16)5-6-13(12)18-4/h5-7,9-10,14-15,17H,8H2,1-4H3. The van der Waals surface area contributed by atoms with Gasteiger partial charge in [-0.2, -0.15) is 23.5 Å². The van der Waals surface area contributed by atoms with Crippen LogP contribution < -0.4 is 10.1 Å². The summed E-state index contributed by atoms with van der Waals surface area (Å²) in [5, 5.41) is 5.04. The van der Waals surface area contributed by atoms with Gasteiger partial charge in [0.1, 0.15) is 11.6 Å². The number of ether oxygens (including phenoxy) is 1. The molecular formula is C15H22FNOS2. The average Bonchev–Trinajstić information content (AvgIpc) is 2.44. The largest absolute Gasteiger partial charge is 0.496 e. The lowest BCUT2D eigenvalue weighted by Gasteiger charge is -2.36. The third-order valence-electron chi connectivity index (χ3n) is 3.78. The molecule has 0 radical (unpaired) electrons. The summed E-state index contributed by atoms with van der Waals surface area (Å²) in [6.07, 6.45) is 0. The van der Waals surface area contributed by atoms with Gasteiger partial charge >= 0.3 is 0 Å². The lowest BCUT2D eigenvalue weighted by molar-refractivity contribution is 0.399. The maximum absolute atomic E-state index is 13.6. The van der Waals surface area contributed by atoms with Gasteiger partial charge in [0.2, 0.25) is 0 Å². The monoisotopic (exact) mass is 315 g/mol. The lowest BCUT2D eigenvalue weighted by atomic mass is 10.0. The van der Waals surface area contributed by atoms with Crippen LogP contribution in [0.25, 0.3) is 0 Å². The van der Waals surface area contributed by atoms with Crippen LogP contribution in [-0.2, 0) is 0 Å². The summed E-state index contributed by atoms with van der Waals surface area (Å²) < 4.78 is 19.0. The summed E-state index contributed by atoms with van der Waals surface area (Å²) in [5.74, 6) is 1.61. The Morgan fingerprint density at radius 1 is 1.35 bits per heavy atom. The highest BCUT2D eigenvalue weighted by Gasteiger charge is 2.32. The molecule has 112 valence electrons. The summed E-state index contributed by atoms with van der Waals surface area (Å²) >= 11 is 3.98. The molecular weight excluding hydrogens is 293 g/mol. The van der Waals surface area contributed by atoms with Crippen molar-refractivity contribution in [2.75, 3.05) is 19.9 Å². The molecule has 5 heteroatoms. The minimum absolute atomic E-state index is 0.105. The number of rotatable bonds is 4. The van der Waals surface area contributed by atoms with Crippen LogP contribution in [0.15, 0.2) is 18.2 Å². The van der Waals surface area contributed by atoms with Crippen molar-refractivity contribution < 1.29 is 9.13 Å². The normalized spacial score (nSPS) is 28.1. The van der Waals surface area contributed by atoms with Crippen molar-refractivity contribution in [2.45, 2.75) is 35.6 Å². The summed E-state index contributed by atoms with van der Waals surface area (Å²) in [5.41, 5.74) is 0.912. The van der Waals surface area contributed by atoms with Gasteiger partial charge in [-0.15, -0.1) is 0 Å². The van der Waals surface area contributed by atoms with Crippen LogP contribution in [0, 0.1) is 5.82 Å². The SMILES string of the molecule is CNC(c1cc(F)ccc1OC)C1CSC(C)C(C)S1. The highest BCUT2D eigenvalue weighted by Crippen LogP contribution is 2.42.